The summed E-state index contributed by atoms with van der Waals surface area (Å²) >= 11 is 0. The van der Waals surface area contributed by atoms with Crippen LogP contribution in [0.1, 0.15) is 28.9 Å². The molecule has 56 heavy (non-hydrogen) atoms. The summed E-state index contributed by atoms with van der Waals surface area (Å²) in [5.74, 6) is 0. The van der Waals surface area contributed by atoms with E-state index in [4.69, 9.17) is 16.5 Å². The number of aromatic nitrogens is 2. The Morgan fingerprint density at radius 3 is 1.77 bits per heavy atom. The molecule has 0 atom stereocenters. The Labute approximate surface area is 325 Å². The van der Waals surface area contributed by atoms with E-state index in [2.05, 4.69) is 126 Å². The largest absolute Gasteiger partial charge is 0.405 e. The van der Waals surface area contributed by atoms with E-state index >= 15 is 0 Å². The lowest BCUT2D eigenvalue weighted by molar-refractivity contribution is 1.25. The van der Waals surface area contributed by atoms with Crippen LogP contribution in [0.4, 0.5) is 0 Å². The van der Waals surface area contributed by atoms with Crippen molar-refractivity contribution in [1.29, 1.82) is 10.5 Å². The Morgan fingerprint density at radius 2 is 1.21 bits per heavy atom. The molecule has 0 spiro atoms. The summed E-state index contributed by atoms with van der Waals surface area (Å²) < 4.78 is 0. The number of rotatable bonds is 9. The van der Waals surface area contributed by atoms with E-state index in [-0.39, 0.29) is 6.42 Å². The van der Waals surface area contributed by atoms with E-state index < -0.39 is 0 Å². The van der Waals surface area contributed by atoms with E-state index in [1.54, 1.807) is 24.4 Å². The van der Waals surface area contributed by atoms with Crippen LogP contribution in [0.3, 0.4) is 0 Å². The second kappa shape index (κ2) is 15.7. The minimum Gasteiger partial charge on any atom is -0.405 e. The number of hydrogen-bond acceptors (Lipinski definition) is 6. The number of hydrogen-bond donors (Lipinski definition) is 2. The van der Waals surface area contributed by atoms with Gasteiger partial charge < -0.3 is 11.5 Å². The fourth-order valence-corrected chi connectivity index (χ4v) is 7.76. The predicted molar refractivity (Wildman–Crippen MR) is 231 cm³/mol. The number of pyridine rings is 2. The van der Waals surface area contributed by atoms with E-state index in [9.17, 15) is 10.5 Å². The van der Waals surface area contributed by atoms with Gasteiger partial charge in [0.1, 0.15) is 11.8 Å². The molecule has 0 unspecified atom stereocenters. The van der Waals surface area contributed by atoms with Crippen LogP contribution in [-0.4, -0.2) is 9.97 Å². The first kappa shape index (κ1) is 35.2. The maximum Gasteiger partial charge on any atom is 0.141 e. The third-order valence-electron chi connectivity index (χ3n) is 10.2. The first-order chi connectivity index (χ1) is 27.6. The lowest BCUT2D eigenvalue weighted by atomic mass is 9.82. The molecule has 2 aromatic heterocycles. The molecule has 0 aliphatic heterocycles. The molecule has 266 valence electrons. The normalized spacial score (nSPS) is 12.2. The highest BCUT2D eigenvalue weighted by atomic mass is 14.7. The van der Waals surface area contributed by atoms with Crippen molar-refractivity contribution in [3.63, 3.8) is 0 Å². The first-order valence-electron chi connectivity index (χ1n) is 18.4. The van der Waals surface area contributed by atoms with Gasteiger partial charge in [-0.25, -0.2) is 9.97 Å². The van der Waals surface area contributed by atoms with Gasteiger partial charge in [0.15, 0.2) is 0 Å². The van der Waals surface area contributed by atoms with Crippen molar-refractivity contribution in [2.45, 2.75) is 12.8 Å². The Morgan fingerprint density at radius 1 is 0.661 bits per heavy atom. The molecule has 6 heteroatoms. The lowest BCUT2D eigenvalue weighted by Crippen LogP contribution is -1.97. The third kappa shape index (κ3) is 6.53. The summed E-state index contributed by atoms with van der Waals surface area (Å²) in [5.41, 5.74) is 20.9. The second-order valence-corrected chi connectivity index (χ2v) is 13.4. The van der Waals surface area contributed by atoms with Crippen molar-refractivity contribution in [2.24, 2.45) is 11.5 Å². The summed E-state index contributed by atoms with van der Waals surface area (Å²) in [5, 5.41) is 27.8. The highest BCUT2D eigenvalue weighted by molar-refractivity contribution is 6.27. The van der Waals surface area contributed by atoms with Crippen molar-refractivity contribution in [3.8, 4) is 34.5 Å². The Hall–Kier alpha value is -7.80. The molecule has 0 saturated carbocycles. The van der Waals surface area contributed by atoms with E-state index in [0.717, 1.165) is 49.6 Å². The van der Waals surface area contributed by atoms with Crippen LogP contribution in [-0.2, 0) is 6.42 Å². The van der Waals surface area contributed by atoms with E-state index in [1.807, 2.05) is 30.4 Å². The average Bonchev–Trinajstić information content (AvgIpc) is 3.25. The molecule has 0 saturated heterocycles. The molecule has 0 fully saturated rings. The Kier molecular flexibility index (Phi) is 9.86. The van der Waals surface area contributed by atoms with Crippen LogP contribution in [0.25, 0.3) is 76.7 Å². The Balaban J connectivity index is 1.34. The van der Waals surface area contributed by atoms with Gasteiger partial charge >= 0.3 is 0 Å². The number of nitriles is 2. The van der Waals surface area contributed by atoms with Crippen LogP contribution < -0.4 is 11.5 Å². The SMILES string of the molecule is N#CC/C=C(\C=C/N)c1cccc(-c2c3ccccc3c(-c3c4ccccc4c(C/C=C\C=C(/N)c4ccnc(C#N)c4)c4ccccc34)c3ccccc23)n1. The van der Waals surface area contributed by atoms with Gasteiger partial charge in [0.2, 0.25) is 0 Å². The molecular weight excluding hydrogens is 685 g/mol. The summed E-state index contributed by atoms with van der Waals surface area (Å²) in [6, 6.07) is 48.4. The highest BCUT2D eigenvalue weighted by Crippen LogP contribution is 2.48. The molecule has 0 aliphatic rings. The summed E-state index contributed by atoms with van der Waals surface area (Å²) in [7, 11) is 0. The number of fused-ring (bicyclic) bond motifs is 4. The van der Waals surface area contributed by atoms with Crippen molar-refractivity contribution in [2.75, 3.05) is 0 Å². The van der Waals surface area contributed by atoms with Crippen molar-refractivity contribution < 1.29 is 0 Å². The van der Waals surface area contributed by atoms with Gasteiger partial charge in [-0.1, -0.05) is 121 Å². The number of nitrogens with zero attached hydrogens (tertiary/aromatic N) is 4. The maximum absolute atomic E-state index is 9.29. The number of nitrogens with two attached hydrogens (primary N) is 2. The minimum atomic E-state index is 0.256. The van der Waals surface area contributed by atoms with E-state index in [1.165, 1.54) is 44.4 Å². The first-order valence-corrected chi connectivity index (χ1v) is 18.4. The third-order valence-corrected chi connectivity index (χ3v) is 10.2. The van der Waals surface area contributed by atoms with Crippen molar-refractivity contribution >= 4 is 54.4 Å². The monoisotopic (exact) mass is 720 g/mol. The quantitative estimate of drug-likeness (QED) is 0.113. The Bertz CT molecular complexity index is 2910. The number of allylic oxidation sites excluding steroid dienone is 6. The molecular formula is C50H36N6. The molecule has 0 amide bonds. The van der Waals surface area contributed by atoms with Gasteiger partial charge in [0.25, 0.3) is 0 Å². The lowest BCUT2D eigenvalue weighted by Gasteiger charge is -2.21. The predicted octanol–water partition coefficient (Wildman–Crippen LogP) is 11.2. The zero-order valence-corrected chi connectivity index (χ0v) is 30.5. The van der Waals surface area contributed by atoms with Crippen LogP contribution in [0, 0.1) is 22.7 Å². The molecule has 4 N–H and O–H groups in total. The number of benzene rings is 6. The molecule has 8 rings (SSSR count). The molecule has 6 nitrogen and oxygen atoms in total. The van der Waals surface area contributed by atoms with E-state index in [0.29, 0.717) is 17.8 Å². The zero-order valence-electron chi connectivity index (χ0n) is 30.5. The summed E-state index contributed by atoms with van der Waals surface area (Å²) in [6.07, 6.45) is 13.7. The van der Waals surface area contributed by atoms with Crippen LogP contribution in [0.2, 0.25) is 0 Å². The molecule has 8 aromatic rings. The standard InChI is InChI=1S/C50H36N6/c51-28-12-13-33(26-29-52)46-24-11-25-47(56-46)48-41-19-5-7-21-43(41)50(44-22-8-6-20-42(44)48)49-39-17-3-1-15-37(39)36(38-16-2-4-18-40(38)49)14-9-10-23-45(54)34-27-30-55-35(31-34)32-53/h1-11,13,15-27,29-31H,12,14,52,54H2/b10-9-,29-26-,33-13+,45-23-. The highest BCUT2D eigenvalue weighted by Gasteiger charge is 2.22. The second-order valence-electron chi connectivity index (χ2n) is 13.4. The minimum absolute atomic E-state index is 0.256. The fourth-order valence-electron chi connectivity index (χ4n) is 7.76. The van der Waals surface area contributed by atoms with Gasteiger partial charge in [0.05, 0.1) is 23.9 Å². The maximum atomic E-state index is 9.29. The zero-order chi connectivity index (χ0) is 38.4. The van der Waals surface area contributed by atoms with Crippen molar-refractivity contribution in [3.05, 3.63) is 193 Å². The van der Waals surface area contributed by atoms with Crippen molar-refractivity contribution in [1.82, 2.24) is 9.97 Å². The van der Waals surface area contributed by atoms with Gasteiger partial charge in [-0.3, -0.25) is 0 Å². The van der Waals surface area contributed by atoms with Gasteiger partial charge in [0, 0.05) is 23.0 Å². The average molecular weight is 721 g/mol. The molecule has 0 aliphatic carbocycles. The van der Waals surface area contributed by atoms with Gasteiger partial charge in [-0.2, -0.15) is 10.5 Å². The van der Waals surface area contributed by atoms with Gasteiger partial charge in [-0.05, 0) is 114 Å². The van der Waals surface area contributed by atoms with Gasteiger partial charge in [-0.15, -0.1) is 0 Å². The summed E-state index contributed by atoms with van der Waals surface area (Å²) in [6.45, 7) is 0. The molecule has 2 heterocycles. The molecule has 6 aromatic carbocycles. The molecule has 0 bridgehead atoms. The smallest absolute Gasteiger partial charge is 0.141 e. The molecule has 0 radical (unpaired) electrons. The summed E-state index contributed by atoms with van der Waals surface area (Å²) in [4.78, 5) is 9.24. The van der Waals surface area contributed by atoms with Crippen LogP contribution in [0.5, 0.6) is 0 Å². The van der Waals surface area contributed by atoms with Crippen LogP contribution >= 0.6 is 0 Å². The topological polar surface area (TPSA) is 125 Å². The fraction of sp³-hybridized carbons (Fsp3) is 0.0400. The van der Waals surface area contributed by atoms with Crippen LogP contribution in [0.15, 0.2) is 170 Å².